The third-order valence-electron chi connectivity index (χ3n) is 4.42. The lowest BCUT2D eigenvalue weighted by Crippen LogP contribution is -2.41. The van der Waals surface area contributed by atoms with E-state index in [1.165, 1.54) is 0 Å². The maximum Gasteiger partial charge on any atom is 0.318 e. The molecule has 0 aliphatic rings. The fourth-order valence-corrected chi connectivity index (χ4v) is 3.00. The minimum Gasteiger partial charge on any atom is -0.327 e. The highest BCUT2D eigenvalue weighted by Gasteiger charge is 2.20. The summed E-state index contributed by atoms with van der Waals surface area (Å²) in [5, 5.41) is 3.21. The van der Waals surface area contributed by atoms with E-state index in [9.17, 15) is 4.79 Å². The Labute approximate surface area is 155 Å². The van der Waals surface area contributed by atoms with Crippen molar-refractivity contribution in [2.45, 2.75) is 19.5 Å². The van der Waals surface area contributed by atoms with Gasteiger partial charge in [0.2, 0.25) is 0 Å². The first kappa shape index (κ1) is 17.7. The Balaban J connectivity index is 1.80. The molecule has 0 heterocycles. The summed E-state index contributed by atoms with van der Waals surface area (Å²) in [7, 11) is 0. The lowest BCUT2D eigenvalue weighted by Gasteiger charge is -2.26. The lowest BCUT2D eigenvalue weighted by molar-refractivity contribution is 0.195. The Bertz CT molecular complexity index is 764. The van der Waals surface area contributed by atoms with Crippen molar-refractivity contribution >= 4 is 6.03 Å². The van der Waals surface area contributed by atoms with Gasteiger partial charge in [0, 0.05) is 13.1 Å². The van der Waals surface area contributed by atoms with E-state index in [0.29, 0.717) is 13.1 Å². The third-order valence-corrected chi connectivity index (χ3v) is 4.42. The summed E-state index contributed by atoms with van der Waals surface area (Å²) in [6.45, 7) is 3.25. The maximum absolute atomic E-state index is 13.0. The van der Waals surface area contributed by atoms with E-state index in [0.717, 1.165) is 16.7 Å². The number of hydrogen-bond acceptors (Lipinski definition) is 1. The summed E-state index contributed by atoms with van der Waals surface area (Å²) in [5.74, 6) is 0. The van der Waals surface area contributed by atoms with Gasteiger partial charge in [-0.2, -0.15) is 0 Å². The summed E-state index contributed by atoms with van der Waals surface area (Å²) in [6.07, 6.45) is 0. The quantitative estimate of drug-likeness (QED) is 0.670. The Morgan fingerprint density at radius 1 is 0.808 bits per heavy atom. The third kappa shape index (κ3) is 4.51. The summed E-state index contributed by atoms with van der Waals surface area (Å²) >= 11 is 0. The number of rotatable bonds is 6. The van der Waals surface area contributed by atoms with Crippen molar-refractivity contribution in [2.24, 2.45) is 0 Å². The number of nitrogens with one attached hydrogen (secondary N) is 1. The molecule has 0 aliphatic carbocycles. The molecule has 0 saturated heterocycles. The second-order valence-corrected chi connectivity index (χ2v) is 6.20. The van der Waals surface area contributed by atoms with Crippen LogP contribution in [-0.4, -0.2) is 17.5 Å². The summed E-state index contributed by atoms with van der Waals surface area (Å²) in [5.41, 5.74) is 3.27. The molecule has 0 bridgehead atoms. The molecule has 0 aromatic heterocycles. The van der Waals surface area contributed by atoms with Crippen LogP contribution in [0.1, 0.15) is 29.7 Å². The van der Waals surface area contributed by atoms with Gasteiger partial charge in [0.1, 0.15) is 0 Å². The largest absolute Gasteiger partial charge is 0.327 e. The number of amides is 2. The molecule has 0 fully saturated rings. The molecule has 26 heavy (non-hydrogen) atoms. The van der Waals surface area contributed by atoms with Crippen LogP contribution >= 0.6 is 0 Å². The normalized spacial score (nSPS) is 10.5. The average molecular weight is 344 g/mol. The van der Waals surface area contributed by atoms with Gasteiger partial charge >= 0.3 is 6.03 Å². The first-order chi connectivity index (χ1) is 12.8. The van der Waals surface area contributed by atoms with Gasteiger partial charge in [-0.05, 0) is 23.6 Å². The van der Waals surface area contributed by atoms with Crippen LogP contribution in [0.2, 0.25) is 0 Å². The number of benzene rings is 3. The molecule has 0 radical (unpaired) electrons. The molecule has 1 N–H and O–H groups in total. The van der Waals surface area contributed by atoms with Gasteiger partial charge in [-0.1, -0.05) is 91.0 Å². The van der Waals surface area contributed by atoms with Crippen LogP contribution in [0.5, 0.6) is 0 Å². The first-order valence-electron chi connectivity index (χ1n) is 8.97. The van der Waals surface area contributed by atoms with Crippen LogP contribution in [0.3, 0.4) is 0 Å². The van der Waals surface area contributed by atoms with Crippen molar-refractivity contribution in [2.75, 3.05) is 6.54 Å². The van der Waals surface area contributed by atoms with Crippen LogP contribution in [0.4, 0.5) is 4.79 Å². The molecule has 0 aliphatic heterocycles. The number of carbonyl (C=O) groups excluding carboxylic acids is 1. The van der Waals surface area contributed by atoms with Gasteiger partial charge in [0.15, 0.2) is 0 Å². The van der Waals surface area contributed by atoms with Gasteiger partial charge in [0.25, 0.3) is 0 Å². The Morgan fingerprint density at radius 3 is 1.73 bits per heavy atom. The van der Waals surface area contributed by atoms with Crippen molar-refractivity contribution in [3.8, 4) is 0 Å². The summed E-state index contributed by atoms with van der Waals surface area (Å²) in [6, 6.07) is 30.0. The molecule has 3 heteroatoms. The van der Waals surface area contributed by atoms with Gasteiger partial charge in [-0.25, -0.2) is 4.79 Å². The molecule has 0 saturated carbocycles. The van der Waals surface area contributed by atoms with Crippen LogP contribution in [0, 0.1) is 0 Å². The van der Waals surface area contributed by atoms with E-state index in [2.05, 4.69) is 5.32 Å². The van der Waals surface area contributed by atoms with Crippen molar-refractivity contribution in [1.82, 2.24) is 10.2 Å². The molecule has 3 nitrogen and oxygen atoms in total. The highest BCUT2D eigenvalue weighted by atomic mass is 16.2. The second-order valence-electron chi connectivity index (χ2n) is 6.20. The molecule has 3 aromatic rings. The smallest absolute Gasteiger partial charge is 0.318 e. The van der Waals surface area contributed by atoms with Gasteiger partial charge < -0.3 is 10.2 Å². The van der Waals surface area contributed by atoms with E-state index in [-0.39, 0.29) is 12.1 Å². The maximum atomic E-state index is 13.0. The van der Waals surface area contributed by atoms with Gasteiger partial charge in [-0.15, -0.1) is 0 Å². The number of nitrogens with zero attached hydrogens (tertiary/aromatic N) is 1. The number of urea groups is 1. The van der Waals surface area contributed by atoms with Crippen LogP contribution < -0.4 is 5.32 Å². The summed E-state index contributed by atoms with van der Waals surface area (Å²) in [4.78, 5) is 14.8. The molecule has 0 spiro atoms. The molecule has 3 aromatic carbocycles. The second kappa shape index (κ2) is 8.86. The monoisotopic (exact) mass is 344 g/mol. The topological polar surface area (TPSA) is 32.3 Å². The minimum absolute atomic E-state index is 0.0611. The molecule has 0 atom stereocenters. The predicted octanol–water partition coefficient (Wildman–Crippen LogP) is 5.01. The molecular formula is C23H24N2O. The first-order valence-corrected chi connectivity index (χ1v) is 8.97. The Kier molecular flexibility index (Phi) is 6.05. The SMILES string of the molecule is CCN(Cc1ccccc1)C(=O)NC(c1ccccc1)c1ccccc1. The van der Waals surface area contributed by atoms with Crippen LogP contribution in [0.15, 0.2) is 91.0 Å². The van der Waals surface area contributed by atoms with E-state index in [1.54, 1.807) is 0 Å². The molecule has 3 rings (SSSR count). The lowest BCUT2D eigenvalue weighted by atomic mass is 9.99. The fourth-order valence-electron chi connectivity index (χ4n) is 3.00. The van der Waals surface area contributed by atoms with E-state index in [4.69, 9.17) is 0 Å². The van der Waals surface area contributed by atoms with Crippen LogP contribution in [-0.2, 0) is 6.54 Å². The zero-order valence-corrected chi connectivity index (χ0v) is 15.0. The molecule has 0 unspecified atom stereocenters. The van der Waals surface area contributed by atoms with Crippen molar-refractivity contribution in [1.29, 1.82) is 0 Å². The Hall–Kier alpha value is -3.07. The van der Waals surface area contributed by atoms with E-state index >= 15 is 0 Å². The predicted molar refractivity (Wildman–Crippen MR) is 106 cm³/mol. The number of carbonyl (C=O) groups is 1. The van der Waals surface area contributed by atoms with E-state index in [1.807, 2.05) is 103 Å². The van der Waals surface area contributed by atoms with Crippen molar-refractivity contribution < 1.29 is 4.79 Å². The standard InChI is InChI=1S/C23H24N2O/c1-2-25(18-19-12-6-3-7-13-19)23(26)24-22(20-14-8-4-9-15-20)21-16-10-5-11-17-21/h3-17,22H,2,18H2,1H3,(H,24,26). The molecular weight excluding hydrogens is 320 g/mol. The fraction of sp³-hybridized carbons (Fsp3) is 0.174. The highest BCUT2D eigenvalue weighted by molar-refractivity contribution is 5.75. The van der Waals surface area contributed by atoms with E-state index < -0.39 is 0 Å². The average Bonchev–Trinajstić information content (AvgIpc) is 2.72. The van der Waals surface area contributed by atoms with Crippen molar-refractivity contribution in [3.63, 3.8) is 0 Å². The summed E-state index contributed by atoms with van der Waals surface area (Å²) < 4.78 is 0. The van der Waals surface area contributed by atoms with Crippen LogP contribution in [0.25, 0.3) is 0 Å². The van der Waals surface area contributed by atoms with Gasteiger partial charge in [0.05, 0.1) is 6.04 Å². The zero-order valence-electron chi connectivity index (χ0n) is 15.0. The molecule has 132 valence electrons. The number of hydrogen-bond donors (Lipinski definition) is 1. The molecule has 2 amide bonds. The Morgan fingerprint density at radius 2 is 1.27 bits per heavy atom. The minimum atomic E-state index is -0.172. The van der Waals surface area contributed by atoms with Gasteiger partial charge in [-0.3, -0.25) is 0 Å². The van der Waals surface area contributed by atoms with Crippen molar-refractivity contribution in [3.05, 3.63) is 108 Å². The highest BCUT2D eigenvalue weighted by Crippen LogP contribution is 2.22. The zero-order chi connectivity index (χ0) is 18.2.